The van der Waals surface area contributed by atoms with E-state index in [2.05, 4.69) is 20.8 Å². The van der Waals surface area contributed by atoms with Crippen LogP contribution in [0, 0.1) is 5.92 Å². The van der Waals surface area contributed by atoms with Crippen molar-refractivity contribution in [3.05, 3.63) is 22.7 Å². The molecule has 20 heavy (non-hydrogen) atoms. The van der Waals surface area contributed by atoms with Gasteiger partial charge >= 0.3 is 5.97 Å². The molecule has 2 heterocycles. The summed E-state index contributed by atoms with van der Waals surface area (Å²) < 4.78 is 1.41. The summed E-state index contributed by atoms with van der Waals surface area (Å²) >= 11 is 1.28. The SMILES string of the molecule is CC(CCNC(=O)c1sccc1-n1cnnn1)C(=O)O. The van der Waals surface area contributed by atoms with Crippen LogP contribution in [0.3, 0.4) is 0 Å². The predicted molar refractivity (Wildman–Crippen MR) is 70.8 cm³/mol. The highest BCUT2D eigenvalue weighted by Gasteiger charge is 2.16. The first kappa shape index (κ1) is 14.1. The van der Waals surface area contributed by atoms with Crippen LogP contribution in [0.5, 0.6) is 0 Å². The molecule has 0 spiro atoms. The first-order valence-electron chi connectivity index (χ1n) is 5.91. The van der Waals surface area contributed by atoms with Crippen molar-refractivity contribution in [3.8, 4) is 5.69 Å². The van der Waals surface area contributed by atoms with Crippen LogP contribution in [0.2, 0.25) is 0 Å². The van der Waals surface area contributed by atoms with Crippen molar-refractivity contribution in [2.45, 2.75) is 13.3 Å². The van der Waals surface area contributed by atoms with Crippen LogP contribution in [0.4, 0.5) is 0 Å². The number of carboxylic acids is 1. The van der Waals surface area contributed by atoms with Gasteiger partial charge in [-0.2, -0.15) is 4.68 Å². The largest absolute Gasteiger partial charge is 0.481 e. The number of tetrazole rings is 1. The summed E-state index contributed by atoms with van der Waals surface area (Å²) in [5.74, 6) is -1.62. The van der Waals surface area contributed by atoms with Gasteiger partial charge in [0.1, 0.15) is 11.2 Å². The van der Waals surface area contributed by atoms with Gasteiger partial charge in [-0.05, 0) is 28.3 Å². The van der Waals surface area contributed by atoms with Crippen LogP contribution in [0.15, 0.2) is 17.8 Å². The second-order valence-electron chi connectivity index (χ2n) is 4.17. The lowest BCUT2D eigenvalue weighted by Gasteiger charge is -2.08. The van der Waals surface area contributed by atoms with Crippen LogP contribution in [0.25, 0.3) is 5.69 Å². The molecule has 0 aromatic carbocycles. The number of carboxylic acid groups (broad SMARTS) is 1. The Balaban J connectivity index is 1.97. The Hall–Kier alpha value is -2.29. The number of hydrogen-bond donors (Lipinski definition) is 2. The Kier molecular flexibility index (Phi) is 4.41. The minimum Gasteiger partial charge on any atom is -0.481 e. The lowest BCUT2D eigenvalue weighted by molar-refractivity contribution is -0.141. The second kappa shape index (κ2) is 6.24. The van der Waals surface area contributed by atoms with Crippen LogP contribution in [-0.2, 0) is 4.79 Å². The molecule has 1 amide bonds. The highest BCUT2D eigenvalue weighted by molar-refractivity contribution is 7.12. The van der Waals surface area contributed by atoms with Crippen LogP contribution in [0.1, 0.15) is 23.0 Å². The molecule has 0 saturated heterocycles. The summed E-state index contributed by atoms with van der Waals surface area (Å²) in [6, 6.07) is 1.75. The Morgan fingerprint density at radius 3 is 3.00 bits per heavy atom. The molecule has 1 atom stereocenters. The van der Waals surface area contributed by atoms with Crippen molar-refractivity contribution in [1.29, 1.82) is 0 Å². The standard InChI is InChI=1S/C11H13N5O3S/c1-7(11(18)19)2-4-12-10(17)9-8(3-5-20-9)16-6-13-14-15-16/h3,5-7H,2,4H2,1H3,(H,12,17)(H,18,19). The maximum Gasteiger partial charge on any atom is 0.306 e. The molecule has 2 aromatic heterocycles. The summed E-state index contributed by atoms with van der Waals surface area (Å²) in [6.45, 7) is 1.91. The number of aliphatic carboxylic acids is 1. The molecule has 0 aliphatic carbocycles. The van der Waals surface area contributed by atoms with Crippen molar-refractivity contribution in [3.63, 3.8) is 0 Å². The third-order valence-electron chi connectivity index (χ3n) is 2.73. The molecule has 2 N–H and O–H groups in total. The van der Waals surface area contributed by atoms with E-state index in [9.17, 15) is 9.59 Å². The van der Waals surface area contributed by atoms with Crippen molar-refractivity contribution < 1.29 is 14.7 Å². The van der Waals surface area contributed by atoms with E-state index in [1.807, 2.05) is 0 Å². The Labute approximate surface area is 118 Å². The fourth-order valence-corrected chi connectivity index (χ4v) is 2.32. The number of rotatable bonds is 6. The van der Waals surface area contributed by atoms with Crippen LogP contribution in [-0.4, -0.2) is 43.7 Å². The molecule has 0 bridgehead atoms. The molecule has 2 aromatic rings. The van der Waals surface area contributed by atoms with Crippen molar-refractivity contribution >= 4 is 23.2 Å². The van der Waals surface area contributed by atoms with Gasteiger partial charge in [0.05, 0.1) is 11.6 Å². The highest BCUT2D eigenvalue weighted by Crippen LogP contribution is 2.19. The van der Waals surface area contributed by atoms with Gasteiger partial charge in [0.15, 0.2) is 0 Å². The molecule has 2 rings (SSSR count). The highest BCUT2D eigenvalue weighted by atomic mass is 32.1. The molecule has 106 valence electrons. The zero-order valence-corrected chi connectivity index (χ0v) is 11.5. The molecule has 9 heteroatoms. The van der Waals surface area contributed by atoms with E-state index in [4.69, 9.17) is 5.11 Å². The van der Waals surface area contributed by atoms with Gasteiger partial charge in [-0.15, -0.1) is 16.4 Å². The summed E-state index contributed by atoms with van der Waals surface area (Å²) in [4.78, 5) is 23.2. The molecule has 8 nitrogen and oxygen atoms in total. The molecular weight excluding hydrogens is 282 g/mol. The van der Waals surface area contributed by atoms with Crippen molar-refractivity contribution in [1.82, 2.24) is 25.5 Å². The molecule has 0 aliphatic heterocycles. The van der Waals surface area contributed by atoms with Gasteiger partial charge in [0.2, 0.25) is 0 Å². The quantitative estimate of drug-likeness (QED) is 0.806. The maximum atomic E-state index is 12.0. The summed E-state index contributed by atoms with van der Waals surface area (Å²) in [5.41, 5.74) is 0.601. The van der Waals surface area contributed by atoms with Gasteiger partial charge in [0.25, 0.3) is 5.91 Å². The lowest BCUT2D eigenvalue weighted by atomic mass is 10.1. The van der Waals surface area contributed by atoms with E-state index < -0.39 is 11.9 Å². The number of thiophene rings is 1. The summed E-state index contributed by atoms with van der Waals surface area (Å²) in [7, 11) is 0. The number of aromatic nitrogens is 4. The van der Waals surface area contributed by atoms with Gasteiger partial charge < -0.3 is 10.4 Å². The Morgan fingerprint density at radius 1 is 1.55 bits per heavy atom. The lowest BCUT2D eigenvalue weighted by Crippen LogP contribution is -2.27. The van der Waals surface area contributed by atoms with Crippen LogP contribution >= 0.6 is 11.3 Å². The van der Waals surface area contributed by atoms with Crippen LogP contribution < -0.4 is 5.32 Å². The number of nitrogens with zero attached hydrogens (tertiary/aromatic N) is 4. The third kappa shape index (κ3) is 3.18. The smallest absolute Gasteiger partial charge is 0.306 e. The zero-order valence-electron chi connectivity index (χ0n) is 10.7. The number of carbonyl (C=O) groups excluding carboxylic acids is 1. The number of nitrogens with one attached hydrogen (secondary N) is 1. The van der Waals surface area contributed by atoms with Crippen molar-refractivity contribution in [2.24, 2.45) is 5.92 Å². The molecular formula is C11H13N5O3S. The van der Waals surface area contributed by atoms with E-state index in [1.165, 1.54) is 22.3 Å². The van der Waals surface area contributed by atoms with E-state index in [1.54, 1.807) is 18.4 Å². The molecule has 0 radical (unpaired) electrons. The second-order valence-corrected chi connectivity index (χ2v) is 5.09. The number of hydrogen-bond acceptors (Lipinski definition) is 6. The fourth-order valence-electron chi connectivity index (χ4n) is 1.53. The van der Waals surface area contributed by atoms with Crippen molar-refractivity contribution in [2.75, 3.05) is 6.54 Å². The molecule has 1 unspecified atom stereocenters. The van der Waals surface area contributed by atoms with Gasteiger partial charge in [-0.1, -0.05) is 6.92 Å². The average molecular weight is 295 g/mol. The molecule has 0 saturated carbocycles. The minimum absolute atomic E-state index is 0.261. The van der Waals surface area contributed by atoms with E-state index >= 15 is 0 Å². The molecule has 0 fully saturated rings. The maximum absolute atomic E-state index is 12.0. The number of amides is 1. The van der Waals surface area contributed by atoms with E-state index in [0.717, 1.165) is 0 Å². The monoisotopic (exact) mass is 295 g/mol. The average Bonchev–Trinajstić information content (AvgIpc) is 3.08. The number of carbonyl (C=O) groups is 2. The first-order chi connectivity index (χ1) is 9.59. The van der Waals surface area contributed by atoms with Gasteiger partial charge in [-0.25, -0.2) is 0 Å². The third-order valence-corrected chi connectivity index (χ3v) is 3.63. The van der Waals surface area contributed by atoms with E-state index in [0.29, 0.717) is 23.5 Å². The Morgan fingerprint density at radius 2 is 2.35 bits per heavy atom. The normalized spacial score (nSPS) is 12.1. The topological polar surface area (TPSA) is 110 Å². The predicted octanol–water partition coefficient (Wildman–Crippen LogP) is 0.564. The summed E-state index contributed by atoms with van der Waals surface area (Å²) in [6.07, 6.45) is 1.79. The van der Waals surface area contributed by atoms with Gasteiger partial charge in [-0.3, -0.25) is 9.59 Å². The minimum atomic E-state index is -0.871. The summed E-state index contributed by atoms with van der Waals surface area (Å²) in [5, 5.41) is 24.0. The fraction of sp³-hybridized carbons (Fsp3) is 0.364. The zero-order chi connectivity index (χ0) is 14.5. The van der Waals surface area contributed by atoms with E-state index in [-0.39, 0.29) is 5.91 Å². The molecule has 0 aliphatic rings. The van der Waals surface area contributed by atoms with Gasteiger partial charge in [0, 0.05) is 6.54 Å². The Bertz CT molecular complexity index is 595. The first-order valence-corrected chi connectivity index (χ1v) is 6.79.